The topological polar surface area (TPSA) is 107 Å². The van der Waals surface area contributed by atoms with E-state index in [1.807, 2.05) is 13.0 Å². The van der Waals surface area contributed by atoms with E-state index in [-0.39, 0.29) is 29.1 Å². The van der Waals surface area contributed by atoms with Crippen LogP contribution < -0.4 is 5.73 Å². The van der Waals surface area contributed by atoms with Crippen LogP contribution in [0.5, 0.6) is 0 Å². The van der Waals surface area contributed by atoms with Gasteiger partial charge in [0.2, 0.25) is 0 Å². The number of benzene rings is 1. The van der Waals surface area contributed by atoms with E-state index in [0.29, 0.717) is 5.69 Å². The second-order valence-electron chi connectivity index (χ2n) is 5.02. The van der Waals surface area contributed by atoms with Gasteiger partial charge in [0.1, 0.15) is 6.07 Å². The van der Waals surface area contributed by atoms with Gasteiger partial charge >= 0.3 is 11.9 Å². The molecule has 0 unspecified atom stereocenters. The smallest absolute Gasteiger partial charge is 0.357 e. The van der Waals surface area contributed by atoms with E-state index in [0.717, 1.165) is 5.56 Å². The maximum absolute atomic E-state index is 12.3. The van der Waals surface area contributed by atoms with Crippen LogP contribution in [0.1, 0.15) is 38.9 Å². The molecular weight excluding hydrogens is 310 g/mol. The van der Waals surface area contributed by atoms with Crippen LogP contribution in [-0.2, 0) is 9.47 Å². The van der Waals surface area contributed by atoms with Gasteiger partial charge in [0.15, 0.2) is 5.69 Å². The van der Waals surface area contributed by atoms with E-state index < -0.39 is 11.9 Å². The molecule has 2 rings (SSSR count). The van der Waals surface area contributed by atoms with Crippen LogP contribution in [0, 0.1) is 18.3 Å². The third-order valence-electron chi connectivity index (χ3n) is 3.45. The molecule has 0 atom stereocenters. The van der Waals surface area contributed by atoms with Crippen molar-refractivity contribution in [1.82, 2.24) is 4.57 Å². The number of esters is 2. The van der Waals surface area contributed by atoms with Crippen molar-refractivity contribution in [3.05, 3.63) is 46.8 Å². The number of methoxy groups -OCH3 is 1. The Balaban J connectivity index is 2.75. The van der Waals surface area contributed by atoms with Crippen LogP contribution in [0.15, 0.2) is 24.4 Å². The first kappa shape index (κ1) is 17.1. The van der Waals surface area contributed by atoms with Crippen LogP contribution in [0.4, 0.5) is 5.69 Å². The Bertz CT molecular complexity index is 846. The number of aromatic nitrogens is 1. The molecule has 0 spiro atoms. The summed E-state index contributed by atoms with van der Waals surface area (Å²) >= 11 is 0. The second kappa shape index (κ2) is 6.87. The third kappa shape index (κ3) is 2.94. The number of anilines is 1. The minimum Gasteiger partial charge on any atom is -0.464 e. The van der Waals surface area contributed by atoms with Crippen molar-refractivity contribution in [2.45, 2.75) is 13.8 Å². The Hall–Kier alpha value is -3.27. The number of aryl methyl sites for hydroxylation is 1. The van der Waals surface area contributed by atoms with Crippen LogP contribution in [0.2, 0.25) is 0 Å². The molecule has 1 aromatic carbocycles. The van der Waals surface area contributed by atoms with Crippen molar-refractivity contribution in [2.24, 2.45) is 0 Å². The molecule has 124 valence electrons. The monoisotopic (exact) mass is 327 g/mol. The lowest BCUT2D eigenvalue weighted by Gasteiger charge is -2.13. The molecule has 0 saturated heterocycles. The Morgan fingerprint density at radius 2 is 2.04 bits per heavy atom. The lowest BCUT2D eigenvalue weighted by atomic mass is 10.1. The zero-order valence-electron chi connectivity index (χ0n) is 13.6. The summed E-state index contributed by atoms with van der Waals surface area (Å²) in [4.78, 5) is 24.3. The fourth-order valence-corrected chi connectivity index (χ4v) is 2.34. The summed E-state index contributed by atoms with van der Waals surface area (Å²) < 4.78 is 11.2. The summed E-state index contributed by atoms with van der Waals surface area (Å²) in [6.45, 7) is 3.75. The van der Waals surface area contributed by atoms with Crippen LogP contribution in [0.25, 0.3) is 5.69 Å². The largest absolute Gasteiger partial charge is 0.464 e. The predicted molar refractivity (Wildman–Crippen MR) is 86.9 cm³/mol. The van der Waals surface area contributed by atoms with Gasteiger partial charge < -0.3 is 19.8 Å². The van der Waals surface area contributed by atoms with Gasteiger partial charge in [0.25, 0.3) is 0 Å². The standard InChI is InChI=1S/C17H17N3O4/c1-4-24-16(21)12-7-10(2)5-6-13(12)20-9-11(8-18)14(19)15(20)17(22)23-3/h5-7,9H,4,19H2,1-3H3. The number of carbonyl (C=O) groups is 2. The SMILES string of the molecule is CCOC(=O)c1cc(C)ccc1-n1cc(C#N)c(N)c1C(=O)OC. The van der Waals surface area contributed by atoms with E-state index in [2.05, 4.69) is 0 Å². The molecule has 0 fully saturated rings. The molecule has 7 nitrogen and oxygen atoms in total. The summed E-state index contributed by atoms with van der Waals surface area (Å²) in [6.07, 6.45) is 1.40. The van der Waals surface area contributed by atoms with Gasteiger partial charge in [-0.25, -0.2) is 9.59 Å². The number of nitriles is 1. The molecule has 1 heterocycles. The van der Waals surface area contributed by atoms with Crippen molar-refractivity contribution in [3.63, 3.8) is 0 Å². The van der Waals surface area contributed by atoms with E-state index in [9.17, 15) is 14.9 Å². The molecule has 0 saturated carbocycles. The summed E-state index contributed by atoms with van der Waals surface area (Å²) in [6, 6.07) is 7.01. The number of nitrogens with zero attached hydrogens (tertiary/aromatic N) is 2. The van der Waals surface area contributed by atoms with Crippen molar-refractivity contribution in [3.8, 4) is 11.8 Å². The normalized spacial score (nSPS) is 10.1. The van der Waals surface area contributed by atoms with E-state index in [4.69, 9.17) is 15.2 Å². The number of hydrogen-bond acceptors (Lipinski definition) is 6. The number of carbonyl (C=O) groups excluding carboxylic acids is 2. The van der Waals surface area contributed by atoms with Crippen LogP contribution in [0.3, 0.4) is 0 Å². The van der Waals surface area contributed by atoms with Gasteiger partial charge in [-0.1, -0.05) is 11.6 Å². The highest BCUT2D eigenvalue weighted by Crippen LogP contribution is 2.27. The molecule has 0 aliphatic carbocycles. The zero-order valence-corrected chi connectivity index (χ0v) is 13.6. The van der Waals surface area contributed by atoms with Gasteiger partial charge in [0, 0.05) is 6.20 Å². The first-order valence-corrected chi connectivity index (χ1v) is 7.21. The van der Waals surface area contributed by atoms with Crippen molar-refractivity contribution in [2.75, 3.05) is 19.5 Å². The molecule has 0 aliphatic heterocycles. The van der Waals surface area contributed by atoms with Gasteiger partial charge in [-0.2, -0.15) is 5.26 Å². The lowest BCUT2D eigenvalue weighted by Crippen LogP contribution is -2.15. The highest BCUT2D eigenvalue weighted by molar-refractivity contribution is 5.98. The molecule has 0 bridgehead atoms. The van der Waals surface area contributed by atoms with E-state index in [1.165, 1.54) is 17.9 Å². The highest BCUT2D eigenvalue weighted by atomic mass is 16.5. The summed E-state index contributed by atoms with van der Waals surface area (Å²) in [5.74, 6) is -1.23. The van der Waals surface area contributed by atoms with Gasteiger partial charge in [-0.05, 0) is 26.0 Å². The summed E-state index contributed by atoms with van der Waals surface area (Å²) in [5.41, 5.74) is 7.48. The Labute approximate surface area is 139 Å². The molecule has 24 heavy (non-hydrogen) atoms. The van der Waals surface area contributed by atoms with Gasteiger partial charge in [-0.3, -0.25) is 0 Å². The van der Waals surface area contributed by atoms with Crippen molar-refractivity contribution in [1.29, 1.82) is 5.26 Å². The van der Waals surface area contributed by atoms with Crippen molar-refractivity contribution >= 4 is 17.6 Å². The quantitative estimate of drug-likeness (QED) is 0.863. The average Bonchev–Trinajstić information content (AvgIpc) is 2.90. The summed E-state index contributed by atoms with van der Waals surface area (Å²) in [5, 5.41) is 9.18. The molecular formula is C17H17N3O4. The molecule has 7 heteroatoms. The van der Waals surface area contributed by atoms with Crippen LogP contribution >= 0.6 is 0 Å². The Kier molecular flexibility index (Phi) is 4.90. The molecule has 1 aromatic heterocycles. The first-order chi connectivity index (χ1) is 11.4. The molecule has 0 radical (unpaired) electrons. The molecule has 0 amide bonds. The number of nitrogen functional groups attached to an aromatic ring is 1. The maximum atomic E-state index is 12.3. The number of nitrogens with two attached hydrogens (primary N) is 1. The van der Waals surface area contributed by atoms with Gasteiger partial charge in [-0.15, -0.1) is 0 Å². The van der Waals surface area contributed by atoms with E-state index in [1.54, 1.807) is 25.1 Å². The molecule has 2 aromatic rings. The zero-order chi connectivity index (χ0) is 17.9. The first-order valence-electron chi connectivity index (χ1n) is 7.21. The van der Waals surface area contributed by atoms with Crippen molar-refractivity contribution < 1.29 is 19.1 Å². The average molecular weight is 327 g/mol. The fraction of sp³-hybridized carbons (Fsp3) is 0.235. The second-order valence-corrected chi connectivity index (χ2v) is 5.02. The molecule has 0 aliphatic rings. The maximum Gasteiger partial charge on any atom is 0.357 e. The number of ether oxygens (including phenoxy) is 2. The Morgan fingerprint density at radius 1 is 1.33 bits per heavy atom. The summed E-state index contributed by atoms with van der Waals surface area (Å²) in [7, 11) is 1.21. The molecule has 2 N–H and O–H groups in total. The minimum absolute atomic E-state index is 0.000246. The number of rotatable bonds is 4. The Morgan fingerprint density at radius 3 is 2.62 bits per heavy atom. The number of hydrogen-bond donors (Lipinski definition) is 1. The highest BCUT2D eigenvalue weighted by Gasteiger charge is 2.24. The lowest BCUT2D eigenvalue weighted by molar-refractivity contribution is 0.0523. The van der Waals surface area contributed by atoms with Crippen LogP contribution in [-0.4, -0.2) is 30.2 Å². The van der Waals surface area contributed by atoms with E-state index >= 15 is 0 Å². The predicted octanol–water partition coefficient (Wildman–Crippen LogP) is 2.20. The minimum atomic E-state index is -0.704. The fourth-order valence-electron chi connectivity index (χ4n) is 2.34. The third-order valence-corrected chi connectivity index (χ3v) is 3.45. The van der Waals surface area contributed by atoms with Gasteiger partial charge in [0.05, 0.1) is 36.2 Å².